The predicted molar refractivity (Wildman–Crippen MR) is 110 cm³/mol. The first-order valence-corrected chi connectivity index (χ1v) is 9.08. The number of aryl methyl sites for hydroxylation is 1. The van der Waals surface area contributed by atoms with Gasteiger partial charge in [0.15, 0.2) is 0 Å². The predicted octanol–water partition coefficient (Wildman–Crippen LogP) is 5.15. The van der Waals surface area contributed by atoms with Crippen LogP contribution in [0.3, 0.4) is 0 Å². The fourth-order valence-corrected chi connectivity index (χ4v) is 3.73. The highest BCUT2D eigenvalue weighted by atomic mass is 35.5. The molecule has 3 aromatic rings. The Kier molecular flexibility index (Phi) is 5.15. The Bertz CT molecular complexity index is 1050. The average molecular weight is 350 g/mol. The van der Waals surface area contributed by atoms with E-state index in [4.69, 9.17) is 11.6 Å². The number of halogens is 1. The average Bonchev–Trinajstić information content (AvgIpc) is 2.90. The molecule has 1 heterocycles. The molecule has 128 valence electrons. The fraction of sp³-hybridized carbons (Fsp3) is 0.217. The molecule has 0 aliphatic heterocycles. The summed E-state index contributed by atoms with van der Waals surface area (Å²) < 4.78 is 0. The fourth-order valence-electron chi connectivity index (χ4n) is 3.26. The highest BCUT2D eigenvalue weighted by Gasteiger charge is 2.06. The molecule has 1 nitrogen and oxygen atoms in total. The van der Waals surface area contributed by atoms with E-state index < -0.39 is 0 Å². The van der Waals surface area contributed by atoms with Crippen LogP contribution in [0.5, 0.6) is 0 Å². The standard InChI is InChI=1S/C23H24ClN/c1-5-20-23(24)22(15(2)3)21(25-20)13-16(4)12-17-10-11-18-8-6-7-9-19(18)14-17/h6-11,13-14,25H,4-5,12H2,1-3H3/b21-13+. The maximum atomic E-state index is 6.53. The third-order valence-electron chi connectivity index (χ3n) is 4.49. The van der Waals surface area contributed by atoms with Crippen LogP contribution in [0.25, 0.3) is 22.4 Å². The molecule has 3 rings (SSSR count). The largest absolute Gasteiger partial charge is 0.357 e. The Morgan fingerprint density at radius 1 is 1.12 bits per heavy atom. The van der Waals surface area contributed by atoms with Crippen molar-refractivity contribution in [3.8, 4) is 0 Å². The second-order valence-electron chi connectivity index (χ2n) is 6.72. The zero-order chi connectivity index (χ0) is 18.0. The second kappa shape index (κ2) is 7.33. The van der Waals surface area contributed by atoms with Gasteiger partial charge in [0.1, 0.15) is 0 Å². The van der Waals surface area contributed by atoms with Crippen molar-refractivity contribution in [2.24, 2.45) is 0 Å². The summed E-state index contributed by atoms with van der Waals surface area (Å²) in [6, 6.07) is 15.0. The minimum Gasteiger partial charge on any atom is -0.357 e. The number of hydrogen-bond donors (Lipinski definition) is 1. The molecule has 2 aromatic carbocycles. The molecule has 1 aromatic heterocycles. The van der Waals surface area contributed by atoms with Gasteiger partial charge in [0, 0.05) is 16.3 Å². The second-order valence-corrected chi connectivity index (χ2v) is 7.10. The van der Waals surface area contributed by atoms with E-state index in [0.29, 0.717) is 0 Å². The first-order chi connectivity index (χ1) is 12.0. The Morgan fingerprint density at radius 2 is 1.84 bits per heavy atom. The summed E-state index contributed by atoms with van der Waals surface area (Å²) in [5.41, 5.74) is 4.64. The molecule has 1 N–H and O–H groups in total. The third kappa shape index (κ3) is 3.72. The van der Waals surface area contributed by atoms with E-state index in [2.05, 4.69) is 80.9 Å². The molecule has 0 aliphatic carbocycles. The molecule has 0 bridgehead atoms. The highest BCUT2D eigenvalue weighted by molar-refractivity contribution is 6.31. The van der Waals surface area contributed by atoms with Gasteiger partial charge in [-0.05, 0) is 54.7 Å². The number of fused-ring (bicyclic) bond motifs is 1. The van der Waals surface area contributed by atoms with Gasteiger partial charge in [-0.15, -0.1) is 0 Å². The summed E-state index contributed by atoms with van der Waals surface area (Å²) in [7, 11) is 0. The van der Waals surface area contributed by atoms with Crippen LogP contribution in [-0.2, 0) is 12.8 Å². The molecular weight excluding hydrogens is 326 g/mol. The summed E-state index contributed by atoms with van der Waals surface area (Å²) in [4.78, 5) is 3.46. The van der Waals surface area contributed by atoms with Crippen molar-refractivity contribution >= 4 is 34.0 Å². The van der Waals surface area contributed by atoms with Crippen LogP contribution >= 0.6 is 11.6 Å². The topological polar surface area (TPSA) is 15.8 Å². The normalized spacial score (nSPS) is 11.9. The van der Waals surface area contributed by atoms with Crippen LogP contribution < -0.4 is 10.6 Å². The number of rotatable bonds is 4. The van der Waals surface area contributed by atoms with Gasteiger partial charge in [-0.25, -0.2) is 0 Å². The summed E-state index contributed by atoms with van der Waals surface area (Å²) in [5.74, 6) is 0. The van der Waals surface area contributed by atoms with Crippen molar-refractivity contribution in [1.82, 2.24) is 4.98 Å². The lowest BCUT2D eigenvalue weighted by Crippen LogP contribution is -2.25. The highest BCUT2D eigenvalue weighted by Crippen LogP contribution is 2.18. The van der Waals surface area contributed by atoms with E-state index in [1.807, 2.05) is 0 Å². The van der Waals surface area contributed by atoms with E-state index in [1.54, 1.807) is 0 Å². The summed E-state index contributed by atoms with van der Waals surface area (Å²) >= 11 is 6.53. The lowest BCUT2D eigenvalue weighted by atomic mass is 10.0. The Morgan fingerprint density at radius 3 is 2.52 bits per heavy atom. The van der Waals surface area contributed by atoms with Gasteiger partial charge >= 0.3 is 0 Å². The first kappa shape index (κ1) is 17.6. The minimum atomic E-state index is 0.825. The summed E-state index contributed by atoms with van der Waals surface area (Å²) in [6.45, 7) is 10.6. The van der Waals surface area contributed by atoms with Crippen molar-refractivity contribution < 1.29 is 0 Å². The van der Waals surface area contributed by atoms with E-state index in [0.717, 1.165) is 39.7 Å². The molecule has 25 heavy (non-hydrogen) atoms. The lowest BCUT2D eigenvalue weighted by molar-refractivity contribution is 1.05. The maximum Gasteiger partial charge on any atom is 0.0691 e. The molecule has 0 aliphatic rings. The van der Waals surface area contributed by atoms with Crippen LogP contribution in [0.1, 0.15) is 32.0 Å². The van der Waals surface area contributed by atoms with E-state index in [-0.39, 0.29) is 0 Å². The number of aromatic amines is 1. The van der Waals surface area contributed by atoms with Gasteiger partial charge in [-0.3, -0.25) is 0 Å². The minimum absolute atomic E-state index is 0.825. The van der Waals surface area contributed by atoms with Crippen molar-refractivity contribution in [3.63, 3.8) is 0 Å². The zero-order valence-electron chi connectivity index (χ0n) is 15.1. The van der Waals surface area contributed by atoms with E-state index in [1.165, 1.54) is 21.9 Å². The Balaban J connectivity index is 1.96. The van der Waals surface area contributed by atoms with Crippen LogP contribution in [0.2, 0.25) is 5.02 Å². The lowest BCUT2D eigenvalue weighted by Gasteiger charge is -2.04. The van der Waals surface area contributed by atoms with Crippen LogP contribution in [-0.4, -0.2) is 4.98 Å². The monoisotopic (exact) mass is 349 g/mol. The van der Waals surface area contributed by atoms with Gasteiger partial charge in [-0.1, -0.05) is 73.1 Å². The van der Waals surface area contributed by atoms with Gasteiger partial charge in [-0.2, -0.15) is 0 Å². The molecule has 2 heteroatoms. The number of hydrogen-bond acceptors (Lipinski definition) is 0. The molecule has 0 saturated carbocycles. The van der Waals surface area contributed by atoms with Gasteiger partial charge < -0.3 is 4.98 Å². The molecule has 0 unspecified atom stereocenters. The van der Waals surface area contributed by atoms with Gasteiger partial charge in [0.05, 0.1) is 5.02 Å². The number of H-pyrrole nitrogens is 1. The van der Waals surface area contributed by atoms with E-state index >= 15 is 0 Å². The Labute approximate surface area is 154 Å². The SMILES string of the molecule is C=C(/C=c1/[nH]c(CC)c(Cl)c1=C(C)C)Cc1ccc2ccccc2c1. The molecule has 0 atom stereocenters. The summed E-state index contributed by atoms with van der Waals surface area (Å²) in [6.07, 6.45) is 3.85. The molecule has 0 spiro atoms. The number of benzene rings is 2. The van der Waals surface area contributed by atoms with Crippen LogP contribution in [0, 0.1) is 0 Å². The van der Waals surface area contributed by atoms with E-state index in [9.17, 15) is 0 Å². The summed E-state index contributed by atoms with van der Waals surface area (Å²) in [5, 5.41) is 5.54. The number of nitrogens with one attached hydrogen (secondary N) is 1. The van der Waals surface area contributed by atoms with Crippen molar-refractivity contribution in [2.45, 2.75) is 33.6 Å². The Hall–Kier alpha value is -2.25. The molecule has 0 radical (unpaired) electrons. The first-order valence-electron chi connectivity index (χ1n) is 8.70. The van der Waals surface area contributed by atoms with Crippen LogP contribution in [0.15, 0.2) is 54.6 Å². The zero-order valence-corrected chi connectivity index (χ0v) is 15.9. The molecule has 0 saturated heterocycles. The molecular formula is C23H24ClN. The maximum absolute atomic E-state index is 6.53. The molecule has 0 fully saturated rings. The third-order valence-corrected chi connectivity index (χ3v) is 4.90. The van der Waals surface area contributed by atoms with Gasteiger partial charge in [0.25, 0.3) is 0 Å². The van der Waals surface area contributed by atoms with Gasteiger partial charge in [0.2, 0.25) is 0 Å². The van der Waals surface area contributed by atoms with Crippen molar-refractivity contribution in [3.05, 3.63) is 81.5 Å². The van der Waals surface area contributed by atoms with Crippen molar-refractivity contribution in [1.29, 1.82) is 0 Å². The smallest absolute Gasteiger partial charge is 0.0691 e. The quantitative estimate of drug-likeness (QED) is 0.670. The molecule has 0 amide bonds. The van der Waals surface area contributed by atoms with Crippen LogP contribution in [0.4, 0.5) is 0 Å². The number of allylic oxidation sites excluding steroid dienone is 1. The van der Waals surface area contributed by atoms with Crippen molar-refractivity contribution in [2.75, 3.05) is 0 Å². The number of aromatic nitrogens is 1.